The number of amides is 1. The molecule has 0 bridgehead atoms. The molecule has 1 aromatic heterocycles. The molecule has 7 heteroatoms. The van der Waals surface area contributed by atoms with E-state index >= 15 is 0 Å². The van der Waals surface area contributed by atoms with Crippen molar-refractivity contribution in [2.45, 2.75) is 32.7 Å². The van der Waals surface area contributed by atoms with Gasteiger partial charge in [-0.2, -0.15) is 5.10 Å². The van der Waals surface area contributed by atoms with Gasteiger partial charge < -0.3 is 14.8 Å². The minimum Gasteiger partial charge on any atom is -0.494 e. The Bertz CT molecular complexity index is 1000. The number of nitrogens with one attached hydrogen (secondary N) is 1. The van der Waals surface area contributed by atoms with Crippen molar-refractivity contribution in [1.82, 2.24) is 15.1 Å². The van der Waals surface area contributed by atoms with Crippen LogP contribution >= 0.6 is 11.6 Å². The van der Waals surface area contributed by atoms with Crippen LogP contribution in [0, 0.1) is 0 Å². The summed E-state index contributed by atoms with van der Waals surface area (Å²) in [6.45, 7) is 3.92. The molecule has 3 aromatic rings. The maximum absolute atomic E-state index is 12.6. The molecule has 150 valence electrons. The smallest absolute Gasteiger partial charge is 0.272 e. The first kappa shape index (κ1) is 19.5. The van der Waals surface area contributed by atoms with Gasteiger partial charge >= 0.3 is 0 Å². The van der Waals surface area contributed by atoms with Crippen molar-refractivity contribution in [1.29, 1.82) is 0 Å². The van der Waals surface area contributed by atoms with Gasteiger partial charge in [0.2, 0.25) is 0 Å². The van der Waals surface area contributed by atoms with Gasteiger partial charge in [-0.15, -0.1) is 0 Å². The topological polar surface area (TPSA) is 65.4 Å². The summed E-state index contributed by atoms with van der Waals surface area (Å²) in [6, 6.07) is 17.1. The number of benzene rings is 2. The maximum Gasteiger partial charge on any atom is 0.272 e. The first-order valence-electron chi connectivity index (χ1n) is 9.56. The first-order valence-corrected chi connectivity index (χ1v) is 9.94. The highest BCUT2D eigenvalue weighted by Crippen LogP contribution is 2.27. The van der Waals surface area contributed by atoms with Crippen molar-refractivity contribution in [3.8, 4) is 5.75 Å². The van der Waals surface area contributed by atoms with Crippen LogP contribution in [-0.4, -0.2) is 22.3 Å². The van der Waals surface area contributed by atoms with Crippen LogP contribution in [0.2, 0.25) is 5.02 Å². The number of nitrogens with zero attached hydrogens (tertiary/aromatic N) is 2. The van der Waals surface area contributed by atoms with Crippen LogP contribution < -0.4 is 10.1 Å². The average molecular weight is 412 g/mol. The molecule has 1 N–H and O–H groups in total. The molecule has 1 aliphatic rings. The predicted molar refractivity (Wildman–Crippen MR) is 110 cm³/mol. The molecule has 4 rings (SSSR count). The SMILES string of the molecule is CCOc1cccc(CNC(=O)c2cc3n(n2)C[C@@H](c2ccc(Cl)cc2)OC3)c1. The van der Waals surface area contributed by atoms with Gasteiger partial charge in [-0.3, -0.25) is 9.48 Å². The van der Waals surface area contributed by atoms with Gasteiger partial charge in [-0.05, 0) is 48.4 Å². The first-order chi connectivity index (χ1) is 14.1. The normalized spacial score (nSPS) is 15.6. The molecular formula is C22H22ClN3O3. The third-order valence-electron chi connectivity index (χ3n) is 4.77. The Kier molecular flexibility index (Phi) is 5.83. The summed E-state index contributed by atoms with van der Waals surface area (Å²) >= 11 is 5.96. The zero-order valence-electron chi connectivity index (χ0n) is 16.1. The molecule has 0 aliphatic carbocycles. The number of carbonyl (C=O) groups excluding carboxylic acids is 1. The molecule has 0 unspecified atom stereocenters. The highest BCUT2D eigenvalue weighted by molar-refractivity contribution is 6.30. The van der Waals surface area contributed by atoms with E-state index in [0.717, 1.165) is 22.6 Å². The summed E-state index contributed by atoms with van der Waals surface area (Å²) in [5.41, 5.74) is 3.29. The highest BCUT2D eigenvalue weighted by atomic mass is 35.5. The summed E-state index contributed by atoms with van der Waals surface area (Å²) in [6.07, 6.45) is -0.114. The summed E-state index contributed by atoms with van der Waals surface area (Å²) in [7, 11) is 0. The second-order valence-corrected chi connectivity index (χ2v) is 7.25. The lowest BCUT2D eigenvalue weighted by molar-refractivity contribution is -0.00119. The Hall–Kier alpha value is -2.83. The van der Waals surface area contributed by atoms with Gasteiger partial charge in [0.05, 0.1) is 25.5 Å². The minimum absolute atomic E-state index is 0.114. The molecular weight excluding hydrogens is 390 g/mol. The van der Waals surface area contributed by atoms with Crippen LogP contribution in [0.25, 0.3) is 0 Å². The van der Waals surface area contributed by atoms with Crippen molar-refractivity contribution < 1.29 is 14.3 Å². The number of carbonyl (C=O) groups is 1. The standard InChI is InChI=1S/C22H22ClN3O3/c1-2-28-19-5-3-4-15(10-19)12-24-22(27)20-11-18-14-29-21(13-26(18)25-20)16-6-8-17(23)9-7-16/h3-11,21H,2,12-14H2,1H3,(H,24,27)/t21-/m0/s1. The van der Waals surface area contributed by atoms with E-state index in [1.165, 1.54) is 0 Å². The van der Waals surface area contributed by atoms with Crippen LogP contribution in [0.4, 0.5) is 0 Å². The number of hydrogen-bond donors (Lipinski definition) is 1. The molecule has 0 saturated heterocycles. The number of fused-ring (bicyclic) bond motifs is 1. The van der Waals surface area contributed by atoms with Crippen LogP contribution in [0.1, 0.15) is 40.3 Å². The number of halogens is 1. The fourth-order valence-electron chi connectivity index (χ4n) is 3.30. The second-order valence-electron chi connectivity index (χ2n) is 6.82. The number of hydrogen-bond acceptors (Lipinski definition) is 4. The lowest BCUT2D eigenvalue weighted by Gasteiger charge is -2.24. The predicted octanol–water partition coefficient (Wildman–Crippen LogP) is 4.14. The van der Waals surface area contributed by atoms with Gasteiger partial charge in [-0.1, -0.05) is 35.9 Å². The molecule has 2 aromatic carbocycles. The van der Waals surface area contributed by atoms with Gasteiger partial charge in [-0.25, -0.2) is 0 Å². The number of aromatic nitrogens is 2. The summed E-state index contributed by atoms with van der Waals surface area (Å²) in [5.74, 6) is 0.582. The van der Waals surface area contributed by atoms with E-state index in [0.29, 0.717) is 37.0 Å². The van der Waals surface area contributed by atoms with Crippen LogP contribution in [-0.2, 0) is 24.4 Å². The van der Waals surface area contributed by atoms with Crippen LogP contribution in [0.15, 0.2) is 54.6 Å². The second kappa shape index (κ2) is 8.68. The molecule has 2 heterocycles. The molecule has 29 heavy (non-hydrogen) atoms. The van der Waals surface area contributed by atoms with Crippen molar-refractivity contribution in [2.24, 2.45) is 0 Å². The largest absolute Gasteiger partial charge is 0.494 e. The zero-order valence-corrected chi connectivity index (χ0v) is 16.9. The van der Waals surface area contributed by atoms with E-state index in [1.54, 1.807) is 6.07 Å². The van der Waals surface area contributed by atoms with Gasteiger partial charge in [0.25, 0.3) is 5.91 Å². The Labute approximate surface area is 174 Å². The van der Waals surface area contributed by atoms with Gasteiger partial charge in [0.1, 0.15) is 11.9 Å². The Morgan fingerprint density at radius 2 is 2.10 bits per heavy atom. The molecule has 1 amide bonds. The van der Waals surface area contributed by atoms with Crippen molar-refractivity contribution in [3.63, 3.8) is 0 Å². The van der Waals surface area contributed by atoms with Crippen molar-refractivity contribution in [2.75, 3.05) is 6.61 Å². The molecule has 1 aliphatic heterocycles. The number of rotatable bonds is 6. The minimum atomic E-state index is -0.211. The maximum atomic E-state index is 12.6. The van der Waals surface area contributed by atoms with E-state index in [4.69, 9.17) is 21.1 Å². The fourth-order valence-corrected chi connectivity index (χ4v) is 3.43. The zero-order chi connectivity index (χ0) is 20.2. The van der Waals surface area contributed by atoms with E-state index in [9.17, 15) is 4.79 Å². The molecule has 0 saturated carbocycles. The van der Waals surface area contributed by atoms with Crippen molar-refractivity contribution in [3.05, 3.63) is 82.1 Å². The highest BCUT2D eigenvalue weighted by Gasteiger charge is 2.24. The van der Waals surface area contributed by atoms with E-state index in [-0.39, 0.29) is 12.0 Å². The van der Waals surface area contributed by atoms with Crippen molar-refractivity contribution >= 4 is 17.5 Å². The third-order valence-corrected chi connectivity index (χ3v) is 5.02. The van der Waals surface area contributed by atoms with Crippen LogP contribution in [0.5, 0.6) is 5.75 Å². The molecule has 1 atom stereocenters. The third kappa shape index (κ3) is 4.60. The lowest BCUT2D eigenvalue weighted by atomic mass is 10.1. The van der Waals surface area contributed by atoms with E-state index in [1.807, 2.05) is 60.1 Å². The quantitative estimate of drug-likeness (QED) is 0.662. The average Bonchev–Trinajstić information content (AvgIpc) is 3.17. The summed E-state index contributed by atoms with van der Waals surface area (Å²) in [4.78, 5) is 12.6. The van der Waals surface area contributed by atoms with Crippen LogP contribution in [0.3, 0.4) is 0 Å². The molecule has 6 nitrogen and oxygen atoms in total. The summed E-state index contributed by atoms with van der Waals surface area (Å²) in [5, 5.41) is 8.08. The molecule has 0 spiro atoms. The summed E-state index contributed by atoms with van der Waals surface area (Å²) < 4.78 is 13.3. The van der Waals surface area contributed by atoms with E-state index < -0.39 is 0 Å². The van der Waals surface area contributed by atoms with Gasteiger partial charge in [0.15, 0.2) is 5.69 Å². The molecule has 0 fully saturated rings. The monoisotopic (exact) mass is 411 g/mol. The Morgan fingerprint density at radius 1 is 1.28 bits per heavy atom. The fraction of sp³-hybridized carbons (Fsp3) is 0.273. The van der Waals surface area contributed by atoms with Gasteiger partial charge in [0, 0.05) is 11.6 Å². The number of ether oxygens (including phenoxy) is 2. The molecule has 0 radical (unpaired) electrons. The Balaban J connectivity index is 1.40. The lowest BCUT2D eigenvalue weighted by Crippen LogP contribution is -2.24. The van der Waals surface area contributed by atoms with E-state index in [2.05, 4.69) is 10.4 Å². The Morgan fingerprint density at radius 3 is 2.90 bits per heavy atom.